The fourth-order valence-electron chi connectivity index (χ4n) is 3.94. The van der Waals surface area contributed by atoms with Gasteiger partial charge in [0.2, 0.25) is 5.89 Å². The second kappa shape index (κ2) is 9.55. The van der Waals surface area contributed by atoms with Crippen LogP contribution in [0.25, 0.3) is 11.4 Å². The summed E-state index contributed by atoms with van der Waals surface area (Å²) in [6.45, 7) is 6.24. The normalized spacial score (nSPS) is 18.5. The largest absolute Gasteiger partial charge is 0.489 e. The van der Waals surface area contributed by atoms with Crippen LogP contribution in [0, 0.1) is 12.8 Å². The van der Waals surface area contributed by atoms with Gasteiger partial charge in [-0.3, -0.25) is 4.79 Å². The van der Waals surface area contributed by atoms with Gasteiger partial charge in [0.05, 0.1) is 35.6 Å². The van der Waals surface area contributed by atoms with Gasteiger partial charge in [0, 0.05) is 13.0 Å². The first-order valence-corrected chi connectivity index (χ1v) is 11.1. The van der Waals surface area contributed by atoms with E-state index in [2.05, 4.69) is 30.8 Å². The third kappa shape index (κ3) is 5.12. The minimum absolute atomic E-state index is 0.117. The molecule has 0 saturated heterocycles. The van der Waals surface area contributed by atoms with Crippen molar-refractivity contribution in [1.82, 2.24) is 30.1 Å². The Bertz CT molecular complexity index is 1120. The summed E-state index contributed by atoms with van der Waals surface area (Å²) in [6, 6.07) is 3.71. The van der Waals surface area contributed by atoms with Crippen LogP contribution in [0.1, 0.15) is 62.7 Å². The molecule has 3 aromatic rings. The van der Waals surface area contributed by atoms with Crippen molar-refractivity contribution in [3.05, 3.63) is 29.4 Å². The maximum Gasteiger partial charge on any atom is 0.306 e. The topological polar surface area (TPSA) is 141 Å². The predicted octanol–water partition coefficient (Wildman–Crippen LogP) is 3.33. The standard InChI is InChI=1S/C22H29N7O4/c1-12(2)20-25-22(27-33-20)23-11-17-19(26-28-29(17)4)16-8-9-18(13(3)24-16)32-15-7-5-6-14(10-15)21(30)31/h8-9,12,14-15H,5-7,10-11H2,1-4H3,(H,23,27)(H,30,31)/t14-,15-/m0/s1. The van der Waals surface area contributed by atoms with Crippen LogP contribution in [0.15, 0.2) is 16.7 Å². The minimum atomic E-state index is -0.751. The Hall–Kier alpha value is -3.50. The zero-order valence-corrected chi connectivity index (χ0v) is 19.3. The molecule has 176 valence electrons. The number of anilines is 1. The maximum absolute atomic E-state index is 11.3. The number of ether oxygens (including phenoxy) is 1. The number of hydrogen-bond donors (Lipinski definition) is 2. The van der Waals surface area contributed by atoms with Gasteiger partial charge >= 0.3 is 5.97 Å². The van der Waals surface area contributed by atoms with Crippen molar-refractivity contribution in [3.8, 4) is 17.1 Å². The molecule has 3 aromatic heterocycles. The lowest BCUT2D eigenvalue weighted by Gasteiger charge is -2.27. The highest BCUT2D eigenvalue weighted by Gasteiger charge is 2.28. The van der Waals surface area contributed by atoms with Crippen LogP contribution in [0.3, 0.4) is 0 Å². The van der Waals surface area contributed by atoms with Crippen molar-refractivity contribution in [2.24, 2.45) is 13.0 Å². The summed E-state index contributed by atoms with van der Waals surface area (Å²) in [5.41, 5.74) is 2.86. The number of aliphatic carboxylic acids is 1. The summed E-state index contributed by atoms with van der Waals surface area (Å²) in [6.07, 6.45) is 2.80. The van der Waals surface area contributed by atoms with E-state index in [1.165, 1.54) is 0 Å². The molecular weight excluding hydrogens is 426 g/mol. The van der Waals surface area contributed by atoms with Gasteiger partial charge in [0.1, 0.15) is 11.4 Å². The minimum Gasteiger partial charge on any atom is -0.489 e. The summed E-state index contributed by atoms with van der Waals surface area (Å²) in [5, 5.41) is 24.8. The molecule has 11 heteroatoms. The predicted molar refractivity (Wildman–Crippen MR) is 119 cm³/mol. The third-order valence-electron chi connectivity index (χ3n) is 5.84. The first-order chi connectivity index (χ1) is 15.8. The molecule has 3 heterocycles. The highest BCUT2D eigenvalue weighted by atomic mass is 16.5. The zero-order valence-electron chi connectivity index (χ0n) is 19.3. The van der Waals surface area contributed by atoms with Crippen LogP contribution in [0.5, 0.6) is 5.75 Å². The molecule has 33 heavy (non-hydrogen) atoms. The highest BCUT2D eigenvalue weighted by molar-refractivity contribution is 5.70. The molecule has 0 aromatic carbocycles. The van der Waals surface area contributed by atoms with Crippen LogP contribution in [0.2, 0.25) is 0 Å². The molecule has 0 unspecified atom stereocenters. The molecule has 2 N–H and O–H groups in total. The average Bonchev–Trinajstić information content (AvgIpc) is 3.41. The SMILES string of the molecule is Cc1nc(-c2nnn(C)c2CNc2noc(C(C)C)n2)ccc1O[C@H]1CCC[C@H](C(=O)O)C1. The molecule has 1 aliphatic rings. The summed E-state index contributed by atoms with van der Waals surface area (Å²) in [7, 11) is 1.82. The molecule has 1 fully saturated rings. The Labute approximate surface area is 191 Å². The van der Waals surface area contributed by atoms with Gasteiger partial charge in [-0.2, -0.15) is 4.98 Å². The van der Waals surface area contributed by atoms with Crippen molar-refractivity contribution in [1.29, 1.82) is 0 Å². The van der Waals surface area contributed by atoms with Crippen molar-refractivity contribution in [3.63, 3.8) is 0 Å². The Morgan fingerprint density at radius 3 is 2.85 bits per heavy atom. The lowest BCUT2D eigenvalue weighted by Crippen LogP contribution is -2.29. The lowest BCUT2D eigenvalue weighted by molar-refractivity contribution is -0.143. The fraction of sp³-hybridized carbons (Fsp3) is 0.545. The molecule has 2 atom stereocenters. The van der Waals surface area contributed by atoms with Crippen molar-refractivity contribution >= 4 is 11.9 Å². The molecule has 11 nitrogen and oxygen atoms in total. The zero-order chi connectivity index (χ0) is 23.5. The Morgan fingerprint density at radius 2 is 2.15 bits per heavy atom. The number of carboxylic acids is 1. The van der Waals surface area contributed by atoms with Crippen LogP contribution >= 0.6 is 0 Å². The molecule has 4 rings (SSSR count). The Balaban J connectivity index is 1.47. The average molecular weight is 456 g/mol. The van der Waals surface area contributed by atoms with Gasteiger partial charge in [0.25, 0.3) is 5.95 Å². The lowest BCUT2D eigenvalue weighted by atomic mass is 9.87. The fourth-order valence-corrected chi connectivity index (χ4v) is 3.94. The summed E-state index contributed by atoms with van der Waals surface area (Å²) < 4.78 is 13.0. The first-order valence-electron chi connectivity index (χ1n) is 11.1. The number of rotatable bonds is 8. The van der Waals surface area contributed by atoms with E-state index >= 15 is 0 Å². The number of aromatic nitrogens is 6. The van der Waals surface area contributed by atoms with E-state index < -0.39 is 5.97 Å². The number of aryl methyl sites for hydroxylation is 2. The first kappa shape index (κ1) is 22.7. The number of nitrogens with one attached hydrogen (secondary N) is 1. The van der Waals surface area contributed by atoms with E-state index in [1.807, 2.05) is 40.0 Å². The van der Waals surface area contributed by atoms with Crippen molar-refractivity contribution in [2.45, 2.75) is 65.0 Å². The third-order valence-corrected chi connectivity index (χ3v) is 5.84. The monoisotopic (exact) mass is 455 g/mol. The summed E-state index contributed by atoms with van der Waals surface area (Å²) >= 11 is 0. The maximum atomic E-state index is 11.3. The quantitative estimate of drug-likeness (QED) is 0.519. The van der Waals surface area contributed by atoms with Crippen LogP contribution in [-0.2, 0) is 18.4 Å². The van der Waals surface area contributed by atoms with Gasteiger partial charge in [-0.05, 0) is 49.9 Å². The molecule has 1 saturated carbocycles. The number of hydrogen-bond acceptors (Lipinski definition) is 9. The van der Waals surface area contributed by atoms with E-state index in [0.29, 0.717) is 54.1 Å². The molecule has 0 bridgehead atoms. The summed E-state index contributed by atoms with van der Waals surface area (Å²) in [4.78, 5) is 20.3. The molecule has 1 aliphatic carbocycles. The Kier molecular flexibility index (Phi) is 6.57. The Morgan fingerprint density at radius 1 is 1.33 bits per heavy atom. The van der Waals surface area contributed by atoms with Gasteiger partial charge in [-0.1, -0.05) is 19.1 Å². The number of nitrogens with zero attached hydrogens (tertiary/aromatic N) is 6. The van der Waals surface area contributed by atoms with Crippen LogP contribution < -0.4 is 10.1 Å². The number of carbonyl (C=O) groups is 1. The second-order valence-corrected chi connectivity index (χ2v) is 8.69. The number of carboxylic acid groups (broad SMARTS) is 1. The van der Waals surface area contributed by atoms with Gasteiger partial charge in [-0.15, -0.1) is 5.10 Å². The van der Waals surface area contributed by atoms with Gasteiger partial charge in [-0.25, -0.2) is 9.67 Å². The van der Waals surface area contributed by atoms with E-state index in [-0.39, 0.29) is 17.9 Å². The molecule has 0 spiro atoms. The van der Waals surface area contributed by atoms with Crippen LogP contribution in [-0.4, -0.2) is 47.3 Å². The molecular formula is C22H29N7O4. The van der Waals surface area contributed by atoms with E-state index in [0.717, 1.165) is 18.5 Å². The van der Waals surface area contributed by atoms with E-state index in [4.69, 9.17) is 9.26 Å². The molecule has 0 aliphatic heterocycles. The second-order valence-electron chi connectivity index (χ2n) is 8.69. The molecule has 0 amide bonds. The summed E-state index contributed by atoms with van der Waals surface area (Å²) in [5.74, 6) is 0.692. The van der Waals surface area contributed by atoms with E-state index in [9.17, 15) is 9.90 Å². The van der Waals surface area contributed by atoms with E-state index in [1.54, 1.807) is 4.68 Å². The van der Waals surface area contributed by atoms with Crippen LogP contribution in [0.4, 0.5) is 5.95 Å². The smallest absolute Gasteiger partial charge is 0.306 e. The van der Waals surface area contributed by atoms with Gasteiger partial charge in [0.15, 0.2) is 0 Å². The van der Waals surface area contributed by atoms with Gasteiger partial charge < -0.3 is 19.7 Å². The van der Waals surface area contributed by atoms with Crippen molar-refractivity contribution in [2.75, 3.05) is 5.32 Å². The molecule has 0 radical (unpaired) electrons. The number of pyridine rings is 1. The highest BCUT2D eigenvalue weighted by Crippen LogP contribution is 2.30. The van der Waals surface area contributed by atoms with Crippen molar-refractivity contribution < 1.29 is 19.2 Å².